The van der Waals surface area contributed by atoms with Gasteiger partial charge in [0.05, 0.1) is 10.7 Å². The van der Waals surface area contributed by atoms with E-state index in [2.05, 4.69) is 47.4 Å². The monoisotopic (exact) mass is 422 g/mol. The van der Waals surface area contributed by atoms with Crippen LogP contribution in [-0.4, -0.2) is 22.0 Å². The van der Waals surface area contributed by atoms with E-state index in [9.17, 15) is 4.79 Å². The van der Waals surface area contributed by atoms with Crippen molar-refractivity contribution in [1.29, 1.82) is 0 Å². The maximum absolute atomic E-state index is 12.2. The number of pyridine rings is 2. The molecule has 2 amide bonds. The topological polar surface area (TPSA) is 66.9 Å². The van der Waals surface area contributed by atoms with Gasteiger partial charge in [-0.05, 0) is 49.7 Å². The van der Waals surface area contributed by atoms with Gasteiger partial charge in [0.15, 0.2) is 0 Å². The zero-order chi connectivity index (χ0) is 21.9. The second-order valence-corrected chi connectivity index (χ2v) is 8.96. The molecule has 30 heavy (non-hydrogen) atoms. The number of halogens is 1. The van der Waals surface area contributed by atoms with Gasteiger partial charge in [0.1, 0.15) is 0 Å². The number of amides is 2. The van der Waals surface area contributed by atoms with Gasteiger partial charge in [-0.15, -0.1) is 0 Å². The first-order valence-corrected chi connectivity index (χ1v) is 10.3. The third-order valence-corrected chi connectivity index (χ3v) is 4.89. The number of urea groups is 1. The van der Waals surface area contributed by atoms with E-state index in [1.807, 2.05) is 50.5 Å². The minimum absolute atomic E-state index is 0.0290. The van der Waals surface area contributed by atoms with Crippen LogP contribution in [0.5, 0.6) is 0 Å². The van der Waals surface area contributed by atoms with Crippen molar-refractivity contribution in [2.45, 2.75) is 46.1 Å². The van der Waals surface area contributed by atoms with Crippen molar-refractivity contribution < 1.29 is 4.79 Å². The highest BCUT2D eigenvalue weighted by Crippen LogP contribution is 2.36. The molecule has 0 unspecified atom stereocenters. The standard InChI is InChI=1S/C24H27ClN4O/c1-15(2)28-23(30)29-20-8-6-7-19(25)22(20)18-11-17(13-26-14-18)16-9-10-27-21(12-16)24(3,4)5/h6-15H,1-5H3,(H2,28,29,30). The molecule has 0 aliphatic rings. The van der Waals surface area contributed by atoms with E-state index in [-0.39, 0.29) is 17.5 Å². The number of nitrogens with one attached hydrogen (secondary N) is 2. The van der Waals surface area contributed by atoms with Gasteiger partial charge >= 0.3 is 6.03 Å². The number of carbonyl (C=O) groups excluding carboxylic acids is 1. The summed E-state index contributed by atoms with van der Waals surface area (Å²) in [6.07, 6.45) is 5.39. The number of rotatable bonds is 4. The molecule has 0 radical (unpaired) electrons. The molecule has 156 valence electrons. The van der Waals surface area contributed by atoms with E-state index in [4.69, 9.17) is 11.6 Å². The van der Waals surface area contributed by atoms with Crippen molar-refractivity contribution >= 4 is 23.3 Å². The predicted octanol–water partition coefficient (Wildman–Crippen LogP) is 6.29. The van der Waals surface area contributed by atoms with Gasteiger partial charge in [0, 0.05) is 52.4 Å². The molecule has 5 nitrogen and oxygen atoms in total. The van der Waals surface area contributed by atoms with E-state index >= 15 is 0 Å². The Kier molecular flexibility index (Phi) is 6.42. The summed E-state index contributed by atoms with van der Waals surface area (Å²) in [5.74, 6) is 0. The molecule has 1 aromatic carbocycles. The molecule has 2 heterocycles. The molecular weight excluding hydrogens is 396 g/mol. The van der Waals surface area contributed by atoms with E-state index < -0.39 is 0 Å². The lowest BCUT2D eigenvalue weighted by Gasteiger charge is -2.18. The second-order valence-electron chi connectivity index (χ2n) is 8.56. The molecule has 0 spiro atoms. The Morgan fingerprint density at radius 2 is 1.77 bits per heavy atom. The van der Waals surface area contributed by atoms with Crippen LogP contribution in [0.3, 0.4) is 0 Å². The van der Waals surface area contributed by atoms with Crippen LogP contribution in [0.25, 0.3) is 22.3 Å². The van der Waals surface area contributed by atoms with Crippen LogP contribution in [0.4, 0.5) is 10.5 Å². The second kappa shape index (κ2) is 8.84. The van der Waals surface area contributed by atoms with Crippen LogP contribution in [0.2, 0.25) is 5.02 Å². The average molecular weight is 423 g/mol. The zero-order valence-corrected chi connectivity index (χ0v) is 18.7. The van der Waals surface area contributed by atoms with E-state index in [0.29, 0.717) is 10.7 Å². The van der Waals surface area contributed by atoms with Gasteiger partial charge in [-0.25, -0.2) is 4.79 Å². The summed E-state index contributed by atoms with van der Waals surface area (Å²) in [6, 6.07) is 11.3. The normalized spacial score (nSPS) is 11.4. The first-order valence-electron chi connectivity index (χ1n) is 9.93. The highest BCUT2D eigenvalue weighted by Gasteiger charge is 2.17. The first-order chi connectivity index (χ1) is 14.1. The van der Waals surface area contributed by atoms with Crippen LogP contribution in [0, 0.1) is 0 Å². The summed E-state index contributed by atoms with van der Waals surface area (Å²) < 4.78 is 0. The fraction of sp³-hybridized carbons (Fsp3) is 0.292. The van der Waals surface area contributed by atoms with Gasteiger partial charge in [-0.2, -0.15) is 0 Å². The zero-order valence-electron chi connectivity index (χ0n) is 18.0. The minimum Gasteiger partial charge on any atom is -0.336 e. The van der Waals surface area contributed by atoms with Crippen molar-refractivity contribution in [2.24, 2.45) is 0 Å². The van der Waals surface area contributed by atoms with Gasteiger partial charge in [0.25, 0.3) is 0 Å². The fourth-order valence-corrected chi connectivity index (χ4v) is 3.38. The van der Waals surface area contributed by atoms with Crippen LogP contribution < -0.4 is 10.6 Å². The maximum Gasteiger partial charge on any atom is 0.319 e. The molecule has 6 heteroatoms. The average Bonchev–Trinajstić information content (AvgIpc) is 2.67. The first kappa shape index (κ1) is 21.8. The molecule has 0 aliphatic heterocycles. The molecule has 0 bridgehead atoms. The van der Waals surface area contributed by atoms with Gasteiger partial charge in [-0.3, -0.25) is 9.97 Å². The predicted molar refractivity (Wildman–Crippen MR) is 124 cm³/mol. The summed E-state index contributed by atoms with van der Waals surface area (Å²) in [4.78, 5) is 21.2. The highest BCUT2D eigenvalue weighted by molar-refractivity contribution is 6.34. The van der Waals surface area contributed by atoms with Gasteiger partial charge in [-0.1, -0.05) is 38.4 Å². The summed E-state index contributed by atoms with van der Waals surface area (Å²) in [6.45, 7) is 10.2. The molecule has 0 saturated heterocycles. The third-order valence-electron chi connectivity index (χ3n) is 4.57. The highest BCUT2D eigenvalue weighted by atomic mass is 35.5. The Hall–Kier alpha value is -2.92. The van der Waals surface area contributed by atoms with Crippen molar-refractivity contribution in [1.82, 2.24) is 15.3 Å². The Balaban J connectivity index is 2.02. The van der Waals surface area contributed by atoms with Crippen LogP contribution in [0.15, 0.2) is 55.0 Å². The Labute approximate surface area is 182 Å². The van der Waals surface area contributed by atoms with E-state index in [1.54, 1.807) is 12.3 Å². The summed E-state index contributed by atoms with van der Waals surface area (Å²) in [7, 11) is 0. The van der Waals surface area contributed by atoms with Gasteiger partial charge < -0.3 is 10.6 Å². The largest absolute Gasteiger partial charge is 0.336 e. The molecule has 0 atom stereocenters. The van der Waals surface area contributed by atoms with Crippen molar-refractivity contribution in [2.75, 3.05) is 5.32 Å². The Morgan fingerprint density at radius 1 is 1.03 bits per heavy atom. The number of nitrogens with zero attached hydrogens (tertiary/aromatic N) is 2. The number of hydrogen-bond donors (Lipinski definition) is 2. The minimum atomic E-state index is -0.276. The van der Waals surface area contributed by atoms with Crippen LogP contribution in [0.1, 0.15) is 40.3 Å². The van der Waals surface area contributed by atoms with Crippen molar-refractivity contribution in [3.05, 3.63) is 65.7 Å². The van der Waals surface area contributed by atoms with E-state index in [1.165, 1.54) is 0 Å². The quantitative estimate of drug-likeness (QED) is 0.519. The molecule has 0 aliphatic carbocycles. The molecule has 2 N–H and O–H groups in total. The van der Waals surface area contributed by atoms with Crippen molar-refractivity contribution in [3.63, 3.8) is 0 Å². The molecular formula is C24H27ClN4O. The molecule has 3 rings (SSSR count). The molecule has 0 fully saturated rings. The lowest BCUT2D eigenvalue weighted by Crippen LogP contribution is -2.34. The molecule has 3 aromatic rings. The van der Waals surface area contributed by atoms with Crippen LogP contribution >= 0.6 is 11.6 Å². The summed E-state index contributed by atoms with van der Waals surface area (Å²) in [5, 5.41) is 6.27. The number of benzene rings is 1. The smallest absolute Gasteiger partial charge is 0.319 e. The summed E-state index contributed by atoms with van der Waals surface area (Å²) in [5.41, 5.74) is 5.14. The molecule has 0 saturated carbocycles. The van der Waals surface area contributed by atoms with Crippen LogP contribution in [-0.2, 0) is 5.41 Å². The lowest BCUT2D eigenvalue weighted by atomic mass is 9.90. The van der Waals surface area contributed by atoms with E-state index in [0.717, 1.165) is 27.9 Å². The molecule has 2 aromatic heterocycles. The number of carbonyl (C=O) groups is 1. The SMILES string of the molecule is CC(C)NC(=O)Nc1cccc(Cl)c1-c1cncc(-c2ccnc(C(C)(C)C)c2)c1. The third kappa shape index (κ3) is 5.16. The fourth-order valence-electron chi connectivity index (χ4n) is 3.10. The van der Waals surface area contributed by atoms with Gasteiger partial charge in [0.2, 0.25) is 0 Å². The Bertz CT molecular complexity index is 1060. The van der Waals surface area contributed by atoms with Crippen molar-refractivity contribution in [3.8, 4) is 22.3 Å². The number of anilines is 1. The lowest BCUT2D eigenvalue weighted by molar-refractivity contribution is 0.250. The maximum atomic E-state index is 12.2. The number of aromatic nitrogens is 2. The number of hydrogen-bond acceptors (Lipinski definition) is 3. The summed E-state index contributed by atoms with van der Waals surface area (Å²) >= 11 is 6.53. The Morgan fingerprint density at radius 3 is 2.47 bits per heavy atom.